The van der Waals surface area contributed by atoms with Crippen LogP contribution in [0.1, 0.15) is 11.1 Å². The Hall–Kier alpha value is -2.82. The molecule has 2 aliphatic rings. The van der Waals surface area contributed by atoms with Crippen LogP contribution in [0.15, 0.2) is 64.4 Å². The van der Waals surface area contributed by atoms with Crippen LogP contribution in [0.4, 0.5) is 5.69 Å². The van der Waals surface area contributed by atoms with Gasteiger partial charge in [0.1, 0.15) is 16.4 Å². The zero-order valence-electron chi connectivity index (χ0n) is 20.2. The molecule has 1 fully saturated rings. The first-order chi connectivity index (χ1) is 17.8. The molecule has 1 amide bonds. The molecule has 0 radical (unpaired) electrons. The molecule has 3 aromatic rings. The smallest absolute Gasteiger partial charge is 0.254 e. The molecule has 1 atom stereocenters. The van der Waals surface area contributed by atoms with Crippen LogP contribution >= 0.6 is 23.2 Å². The molecule has 3 aromatic carbocycles. The molecule has 5 rings (SSSR count). The van der Waals surface area contributed by atoms with Gasteiger partial charge in [0, 0.05) is 54.1 Å². The molecule has 11 heteroatoms. The highest BCUT2D eigenvalue weighted by atomic mass is 35.5. The number of nitrogens with zero attached hydrogens (tertiary/aromatic N) is 1. The number of rotatable bonds is 6. The van der Waals surface area contributed by atoms with Gasteiger partial charge < -0.3 is 20.1 Å². The maximum Gasteiger partial charge on any atom is 0.254 e. The van der Waals surface area contributed by atoms with E-state index in [2.05, 4.69) is 10.6 Å². The molecule has 0 aromatic heterocycles. The normalized spacial score (nSPS) is 19.8. The van der Waals surface area contributed by atoms with E-state index < -0.39 is 21.3 Å². The Kier molecular flexibility index (Phi) is 6.84. The van der Waals surface area contributed by atoms with E-state index in [1.54, 1.807) is 30.3 Å². The summed E-state index contributed by atoms with van der Waals surface area (Å²) in [6, 6.07) is 14.5. The number of hydrogen-bond donors (Lipinski definition) is 2. The van der Waals surface area contributed by atoms with Gasteiger partial charge in [-0.3, -0.25) is 9.69 Å². The second-order valence-corrected chi connectivity index (χ2v) is 11.4. The summed E-state index contributed by atoms with van der Waals surface area (Å²) in [6.07, 6.45) is 0. The van der Waals surface area contributed by atoms with Gasteiger partial charge in [-0.15, -0.1) is 0 Å². The summed E-state index contributed by atoms with van der Waals surface area (Å²) in [4.78, 5) is 15.7. The topological polar surface area (TPSA) is 97.0 Å². The number of sulfone groups is 1. The zero-order chi connectivity index (χ0) is 26.4. The Labute approximate surface area is 225 Å². The minimum Gasteiger partial charge on any atom is -0.497 e. The number of anilines is 1. The Morgan fingerprint density at radius 3 is 2.35 bits per heavy atom. The lowest BCUT2D eigenvalue weighted by atomic mass is 9.81. The van der Waals surface area contributed by atoms with Gasteiger partial charge >= 0.3 is 0 Å². The molecule has 2 heterocycles. The molecule has 2 aliphatic heterocycles. The second kappa shape index (κ2) is 9.81. The fourth-order valence-corrected chi connectivity index (χ4v) is 7.66. The third kappa shape index (κ3) is 3.97. The van der Waals surface area contributed by atoms with Crippen molar-refractivity contribution in [3.05, 3.63) is 75.8 Å². The summed E-state index contributed by atoms with van der Waals surface area (Å²) in [5.41, 5.74) is -0.435. The lowest BCUT2D eigenvalue weighted by Crippen LogP contribution is -2.58. The fourth-order valence-electron chi connectivity index (χ4n) is 5.20. The van der Waals surface area contributed by atoms with Crippen LogP contribution in [-0.4, -0.2) is 59.6 Å². The van der Waals surface area contributed by atoms with E-state index in [4.69, 9.17) is 32.7 Å². The average Bonchev–Trinajstić information content (AvgIpc) is 3.20. The molecule has 0 spiro atoms. The number of hydrogen-bond acceptors (Lipinski definition) is 7. The Morgan fingerprint density at radius 1 is 0.946 bits per heavy atom. The van der Waals surface area contributed by atoms with Crippen LogP contribution in [0.25, 0.3) is 0 Å². The van der Waals surface area contributed by atoms with Crippen molar-refractivity contribution in [3.63, 3.8) is 0 Å². The summed E-state index contributed by atoms with van der Waals surface area (Å²) in [7, 11) is -1.45. The van der Waals surface area contributed by atoms with Crippen LogP contribution in [0.2, 0.25) is 10.0 Å². The number of amides is 1. The number of ether oxygens (including phenoxy) is 2. The third-order valence-electron chi connectivity index (χ3n) is 6.83. The molecule has 1 unspecified atom stereocenters. The van der Waals surface area contributed by atoms with Crippen LogP contribution in [0.5, 0.6) is 11.5 Å². The quantitative estimate of drug-likeness (QED) is 0.470. The minimum atomic E-state index is -4.31. The molecule has 2 N–H and O–H groups in total. The predicted octanol–water partition coefficient (Wildman–Crippen LogP) is 3.94. The Balaban J connectivity index is 1.86. The number of piperazine rings is 1. The van der Waals surface area contributed by atoms with E-state index in [-0.39, 0.29) is 26.1 Å². The van der Waals surface area contributed by atoms with Gasteiger partial charge in [-0.25, -0.2) is 8.42 Å². The molecular weight excluding hydrogens is 537 g/mol. The standard InChI is InChI=1S/C26H25Cl2N3O5S/c1-35-16-7-10-22(21(15-16)36-2)37(33,34)24-19(28)8-9-20-23(24)26(25(32)30-20,31-13-11-29-12-14-31)17-5-3-4-6-18(17)27/h3-10,15,29H,11-14H2,1-2H3,(H,30,32). The van der Waals surface area contributed by atoms with Crippen LogP contribution < -0.4 is 20.1 Å². The number of nitrogens with one attached hydrogen (secondary N) is 2. The van der Waals surface area contributed by atoms with Crippen LogP contribution in [0.3, 0.4) is 0 Å². The second-order valence-electron chi connectivity index (χ2n) is 8.70. The van der Waals surface area contributed by atoms with Gasteiger partial charge in [-0.2, -0.15) is 0 Å². The summed E-state index contributed by atoms with van der Waals surface area (Å²) in [5.74, 6) is 0.136. The van der Waals surface area contributed by atoms with Crippen molar-refractivity contribution in [1.82, 2.24) is 10.2 Å². The lowest BCUT2D eigenvalue weighted by molar-refractivity contribution is -0.125. The highest BCUT2D eigenvalue weighted by Crippen LogP contribution is 2.53. The summed E-state index contributed by atoms with van der Waals surface area (Å²) >= 11 is 13.4. The van der Waals surface area contributed by atoms with E-state index >= 15 is 0 Å². The summed E-state index contributed by atoms with van der Waals surface area (Å²) < 4.78 is 39.4. The number of methoxy groups -OCH3 is 2. The van der Waals surface area contributed by atoms with Gasteiger partial charge in [-0.05, 0) is 30.3 Å². The van der Waals surface area contributed by atoms with Crippen molar-refractivity contribution >= 4 is 44.6 Å². The first kappa shape index (κ1) is 25.8. The molecule has 37 heavy (non-hydrogen) atoms. The van der Waals surface area contributed by atoms with Crippen molar-refractivity contribution in [3.8, 4) is 11.5 Å². The molecule has 1 saturated heterocycles. The van der Waals surface area contributed by atoms with E-state index in [9.17, 15) is 13.2 Å². The number of carbonyl (C=O) groups excluding carboxylic acids is 1. The Morgan fingerprint density at radius 2 is 1.68 bits per heavy atom. The summed E-state index contributed by atoms with van der Waals surface area (Å²) in [5, 5.41) is 6.53. The molecule has 194 valence electrons. The van der Waals surface area contributed by atoms with Crippen LogP contribution in [0, 0.1) is 0 Å². The fraction of sp³-hybridized carbons (Fsp3) is 0.269. The number of halogens is 2. The summed E-state index contributed by atoms with van der Waals surface area (Å²) in [6.45, 7) is 2.19. The van der Waals surface area contributed by atoms with E-state index in [1.807, 2.05) is 4.90 Å². The molecule has 0 bridgehead atoms. The molecule has 0 saturated carbocycles. The van der Waals surface area contributed by atoms with Gasteiger partial charge in [0.25, 0.3) is 5.91 Å². The van der Waals surface area contributed by atoms with Crippen molar-refractivity contribution in [2.45, 2.75) is 15.3 Å². The Bertz CT molecular complexity index is 1490. The van der Waals surface area contributed by atoms with E-state index in [1.165, 1.54) is 38.5 Å². The molecule has 0 aliphatic carbocycles. The number of benzene rings is 3. The minimum absolute atomic E-state index is 0.0142. The monoisotopic (exact) mass is 561 g/mol. The van der Waals surface area contributed by atoms with Crippen molar-refractivity contribution in [1.29, 1.82) is 0 Å². The van der Waals surface area contributed by atoms with Crippen molar-refractivity contribution in [2.24, 2.45) is 0 Å². The first-order valence-electron chi connectivity index (χ1n) is 11.6. The zero-order valence-corrected chi connectivity index (χ0v) is 22.5. The van der Waals surface area contributed by atoms with Gasteiger partial charge in [-0.1, -0.05) is 41.4 Å². The highest BCUT2D eigenvalue weighted by Gasteiger charge is 2.56. The maximum absolute atomic E-state index is 14.4. The molecular formula is C26H25Cl2N3O5S. The van der Waals surface area contributed by atoms with E-state index in [0.29, 0.717) is 48.2 Å². The lowest BCUT2D eigenvalue weighted by Gasteiger charge is -2.43. The van der Waals surface area contributed by atoms with Crippen molar-refractivity contribution in [2.75, 3.05) is 45.7 Å². The molecule has 8 nitrogen and oxygen atoms in total. The maximum atomic E-state index is 14.4. The van der Waals surface area contributed by atoms with Gasteiger partial charge in [0.2, 0.25) is 9.84 Å². The highest BCUT2D eigenvalue weighted by molar-refractivity contribution is 7.91. The van der Waals surface area contributed by atoms with Gasteiger partial charge in [0.05, 0.1) is 24.1 Å². The van der Waals surface area contributed by atoms with E-state index in [0.717, 1.165) is 0 Å². The van der Waals surface area contributed by atoms with Gasteiger partial charge in [0.15, 0.2) is 5.54 Å². The third-order valence-corrected chi connectivity index (χ3v) is 9.47. The first-order valence-corrected chi connectivity index (χ1v) is 13.8. The average molecular weight is 562 g/mol. The SMILES string of the molecule is COc1ccc(S(=O)(=O)c2c(Cl)ccc3c2C(c2ccccc2Cl)(N2CCNCC2)C(=O)N3)c(OC)c1. The number of fused-ring (bicyclic) bond motifs is 1. The number of carbonyl (C=O) groups is 1. The predicted molar refractivity (Wildman–Crippen MR) is 142 cm³/mol. The van der Waals surface area contributed by atoms with Crippen molar-refractivity contribution < 1.29 is 22.7 Å². The van der Waals surface area contributed by atoms with Crippen LogP contribution in [-0.2, 0) is 20.2 Å². The largest absolute Gasteiger partial charge is 0.497 e.